The van der Waals surface area contributed by atoms with Crippen LogP contribution in [0.4, 0.5) is 4.39 Å². The molecule has 0 aliphatic heterocycles. The van der Waals surface area contributed by atoms with Gasteiger partial charge in [0.05, 0.1) is 5.56 Å². The highest BCUT2D eigenvalue weighted by molar-refractivity contribution is 8.00. The number of carboxylic acid groups (broad SMARTS) is 1. The zero-order chi connectivity index (χ0) is 15.3. The van der Waals surface area contributed by atoms with Gasteiger partial charge in [-0.2, -0.15) is 11.8 Å². The molecule has 0 bridgehead atoms. The predicted octanol–water partition coefficient (Wildman–Crippen LogP) is 3.68. The van der Waals surface area contributed by atoms with Crippen LogP contribution in [0.25, 0.3) is 0 Å². The Morgan fingerprint density at radius 2 is 2.10 bits per heavy atom. The Labute approximate surface area is 129 Å². The Kier molecular flexibility index (Phi) is 5.65. The lowest BCUT2D eigenvalue weighted by atomic mass is 9.88. The molecule has 1 aliphatic carbocycles. The number of carbonyl (C=O) groups is 1. The predicted molar refractivity (Wildman–Crippen MR) is 84.4 cm³/mol. The lowest BCUT2D eigenvalue weighted by Gasteiger charge is -2.36. The molecule has 1 saturated carbocycles. The van der Waals surface area contributed by atoms with Crippen molar-refractivity contribution >= 4 is 17.7 Å². The van der Waals surface area contributed by atoms with E-state index in [2.05, 4.69) is 11.6 Å². The summed E-state index contributed by atoms with van der Waals surface area (Å²) >= 11 is 1.92. The summed E-state index contributed by atoms with van der Waals surface area (Å²) in [6.45, 7) is 1.48. The Morgan fingerprint density at radius 1 is 1.38 bits per heavy atom. The van der Waals surface area contributed by atoms with Gasteiger partial charge >= 0.3 is 5.97 Å². The third-order valence-electron chi connectivity index (χ3n) is 4.24. The summed E-state index contributed by atoms with van der Waals surface area (Å²) in [4.78, 5) is 10.8. The highest BCUT2D eigenvalue weighted by Crippen LogP contribution is 2.37. The molecule has 1 aliphatic rings. The largest absolute Gasteiger partial charge is 0.478 e. The van der Waals surface area contributed by atoms with Gasteiger partial charge < -0.3 is 10.4 Å². The average Bonchev–Trinajstić information content (AvgIpc) is 2.48. The van der Waals surface area contributed by atoms with Crippen LogP contribution < -0.4 is 5.32 Å². The molecule has 2 N–H and O–H groups in total. The number of benzene rings is 1. The van der Waals surface area contributed by atoms with Gasteiger partial charge in [0.25, 0.3) is 0 Å². The Morgan fingerprint density at radius 3 is 2.67 bits per heavy atom. The summed E-state index contributed by atoms with van der Waals surface area (Å²) in [6, 6.07) is 4.31. The summed E-state index contributed by atoms with van der Waals surface area (Å²) in [5.74, 6) is -1.89. The second-order valence-corrected chi connectivity index (χ2v) is 6.94. The van der Waals surface area contributed by atoms with Crippen molar-refractivity contribution in [1.82, 2.24) is 5.32 Å². The van der Waals surface area contributed by atoms with Gasteiger partial charge in [-0.15, -0.1) is 0 Å². The molecule has 0 unspecified atom stereocenters. The third-order valence-corrected chi connectivity index (χ3v) is 5.66. The van der Waals surface area contributed by atoms with Crippen LogP contribution >= 0.6 is 11.8 Å². The van der Waals surface area contributed by atoms with Crippen molar-refractivity contribution in [3.8, 4) is 0 Å². The van der Waals surface area contributed by atoms with E-state index >= 15 is 0 Å². The maximum absolute atomic E-state index is 13.6. The van der Waals surface area contributed by atoms with E-state index in [4.69, 9.17) is 5.11 Å². The Balaban J connectivity index is 1.91. The summed E-state index contributed by atoms with van der Waals surface area (Å²) in [5, 5.41) is 12.2. The molecule has 0 amide bonds. The normalized spacial score (nSPS) is 17.6. The van der Waals surface area contributed by atoms with Crippen LogP contribution in [0.15, 0.2) is 18.2 Å². The molecule has 0 saturated heterocycles. The molecule has 0 spiro atoms. The third kappa shape index (κ3) is 4.20. The van der Waals surface area contributed by atoms with E-state index in [-0.39, 0.29) is 5.56 Å². The van der Waals surface area contributed by atoms with Crippen molar-refractivity contribution in [2.75, 3.05) is 12.8 Å². The van der Waals surface area contributed by atoms with Crippen LogP contribution in [0.3, 0.4) is 0 Å². The highest BCUT2D eigenvalue weighted by Gasteiger charge is 2.30. The lowest BCUT2D eigenvalue weighted by Crippen LogP contribution is -2.39. The molecule has 0 atom stereocenters. The van der Waals surface area contributed by atoms with Crippen LogP contribution in [-0.4, -0.2) is 28.6 Å². The first-order valence-electron chi connectivity index (χ1n) is 7.34. The van der Waals surface area contributed by atoms with Gasteiger partial charge in [-0.05, 0) is 36.8 Å². The fraction of sp³-hybridized carbons (Fsp3) is 0.562. The molecule has 21 heavy (non-hydrogen) atoms. The molecule has 2 rings (SSSR count). The van der Waals surface area contributed by atoms with E-state index in [0.29, 0.717) is 11.3 Å². The maximum Gasteiger partial charge on any atom is 0.338 e. The first-order valence-corrected chi connectivity index (χ1v) is 8.56. The van der Waals surface area contributed by atoms with Gasteiger partial charge in [-0.3, -0.25) is 0 Å². The van der Waals surface area contributed by atoms with E-state index in [1.165, 1.54) is 44.2 Å². The van der Waals surface area contributed by atoms with Crippen molar-refractivity contribution in [2.24, 2.45) is 0 Å². The highest BCUT2D eigenvalue weighted by atomic mass is 32.2. The molecular weight excluding hydrogens is 289 g/mol. The SMILES string of the molecule is CSC1(CNCc2ccc(C(=O)O)c(F)c2)CCCCC1. The molecule has 0 aromatic heterocycles. The van der Waals surface area contributed by atoms with E-state index < -0.39 is 11.8 Å². The maximum atomic E-state index is 13.6. The average molecular weight is 311 g/mol. The second kappa shape index (κ2) is 7.27. The van der Waals surface area contributed by atoms with E-state index in [1.807, 2.05) is 11.8 Å². The summed E-state index contributed by atoms with van der Waals surface area (Å²) < 4.78 is 13.9. The molecule has 3 nitrogen and oxygen atoms in total. The number of nitrogens with one attached hydrogen (secondary N) is 1. The topological polar surface area (TPSA) is 49.3 Å². The standard InChI is InChI=1S/C16H22FNO2S/c1-21-16(7-3-2-4-8-16)11-18-10-12-5-6-13(15(19)20)14(17)9-12/h5-6,9,18H,2-4,7-8,10-11H2,1H3,(H,19,20). The second-order valence-electron chi connectivity index (χ2n) is 5.67. The number of carboxylic acids is 1. The minimum absolute atomic E-state index is 0.272. The summed E-state index contributed by atoms with van der Waals surface area (Å²) in [7, 11) is 0. The van der Waals surface area contributed by atoms with Gasteiger partial charge in [0.2, 0.25) is 0 Å². The number of hydrogen-bond acceptors (Lipinski definition) is 3. The molecule has 116 valence electrons. The zero-order valence-electron chi connectivity index (χ0n) is 12.3. The number of hydrogen-bond donors (Lipinski definition) is 2. The number of halogens is 1. The van der Waals surface area contributed by atoms with Crippen LogP contribution in [0.2, 0.25) is 0 Å². The molecular formula is C16H22FNO2S. The first-order chi connectivity index (χ1) is 10.1. The minimum atomic E-state index is -1.23. The van der Waals surface area contributed by atoms with Crippen molar-refractivity contribution in [1.29, 1.82) is 0 Å². The van der Waals surface area contributed by atoms with Gasteiger partial charge in [-0.25, -0.2) is 9.18 Å². The minimum Gasteiger partial charge on any atom is -0.478 e. The molecule has 5 heteroatoms. The summed E-state index contributed by atoms with van der Waals surface area (Å²) in [6.07, 6.45) is 8.51. The number of rotatable bonds is 6. The zero-order valence-corrected chi connectivity index (χ0v) is 13.1. The molecule has 1 aromatic rings. The van der Waals surface area contributed by atoms with Crippen molar-refractivity contribution in [3.05, 3.63) is 35.1 Å². The van der Waals surface area contributed by atoms with Crippen LogP contribution in [0, 0.1) is 5.82 Å². The van der Waals surface area contributed by atoms with Gasteiger partial charge in [0.1, 0.15) is 5.82 Å². The van der Waals surface area contributed by atoms with E-state index in [1.54, 1.807) is 6.07 Å². The molecule has 1 aromatic carbocycles. The summed E-state index contributed by atoms with van der Waals surface area (Å²) in [5.41, 5.74) is 0.510. The van der Waals surface area contributed by atoms with E-state index in [0.717, 1.165) is 12.1 Å². The smallest absolute Gasteiger partial charge is 0.338 e. The Hall–Kier alpha value is -1.07. The van der Waals surface area contributed by atoms with Gasteiger partial charge in [0, 0.05) is 17.8 Å². The van der Waals surface area contributed by atoms with Crippen LogP contribution in [0.5, 0.6) is 0 Å². The molecule has 0 radical (unpaired) electrons. The first kappa shape index (κ1) is 16.3. The van der Waals surface area contributed by atoms with Crippen molar-refractivity contribution in [3.63, 3.8) is 0 Å². The van der Waals surface area contributed by atoms with Gasteiger partial charge in [-0.1, -0.05) is 25.3 Å². The molecule has 0 heterocycles. The van der Waals surface area contributed by atoms with Gasteiger partial charge in [0.15, 0.2) is 0 Å². The quantitative estimate of drug-likeness (QED) is 0.841. The van der Waals surface area contributed by atoms with E-state index in [9.17, 15) is 9.18 Å². The number of thioether (sulfide) groups is 1. The molecule has 1 fully saturated rings. The van der Waals surface area contributed by atoms with Crippen LogP contribution in [-0.2, 0) is 6.54 Å². The fourth-order valence-electron chi connectivity index (χ4n) is 2.93. The Bertz CT molecular complexity index is 501. The van der Waals surface area contributed by atoms with Crippen molar-refractivity contribution in [2.45, 2.75) is 43.4 Å². The van der Waals surface area contributed by atoms with Crippen molar-refractivity contribution < 1.29 is 14.3 Å². The lowest BCUT2D eigenvalue weighted by molar-refractivity contribution is 0.0692. The fourth-order valence-corrected chi connectivity index (χ4v) is 3.87. The monoisotopic (exact) mass is 311 g/mol. The number of aromatic carboxylic acids is 1. The van der Waals surface area contributed by atoms with Crippen LogP contribution in [0.1, 0.15) is 48.0 Å².